The topological polar surface area (TPSA) is 83.5 Å². The van der Waals surface area contributed by atoms with Gasteiger partial charge >= 0.3 is 5.97 Å². The number of nitrogens with one attached hydrogen (secondary N) is 2. The van der Waals surface area contributed by atoms with Gasteiger partial charge in [0.05, 0.1) is 0 Å². The van der Waals surface area contributed by atoms with Crippen LogP contribution in [0.4, 0.5) is 0 Å². The minimum atomic E-state index is -0.986. The molecule has 2 fully saturated rings. The van der Waals surface area contributed by atoms with Crippen LogP contribution >= 0.6 is 0 Å². The molecule has 1 heterocycles. The number of carboxylic acids is 1. The zero-order valence-electron chi connectivity index (χ0n) is 19.4. The lowest BCUT2D eigenvalue weighted by atomic mass is 9.91. The van der Waals surface area contributed by atoms with E-state index in [1.165, 1.54) is 30.4 Å². The summed E-state index contributed by atoms with van der Waals surface area (Å²) in [6, 6.07) is 15.7. The number of hydrogen-bond donors (Lipinski definition) is 3. The molecule has 176 valence electrons. The SMILES string of the molecule is COCC/C(=C\c1ccccc1)[C@@H]1C[C@H]1NC1CCC(NCc2ccc(C(=O)O)nc2)CC1. The van der Waals surface area contributed by atoms with Crippen LogP contribution in [0.2, 0.25) is 0 Å². The molecule has 2 saturated carbocycles. The number of hydrogen-bond acceptors (Lipinski definition) is 5. The van der Waals surface area contributed by atoms with Gasteiger partial charge in [0, 0.05) is 44.6 Å². The van der Waals surface area contributed by atoms with Crippen LogP contribution in [0, 0.1) is 5.92 Å². The van der Waals surface area contributed by atoms with E-state index in [4.69, 9.17) is 9.84 Å². The molecule has 0 spiro atoms. The van der Waals surface area contributed by atoms with Gasteiger partial charge in [-0.05, 0) is 61.6 Å². The van der Waals surface area contributed by atoms with E-state index in [0.717, 1.165) is 38.0 Å². The molecule has 4 rings (SSSR count). The smallest absolute Gasteiger partial charge is 0.354 e. The lowest BCUT2D eigenvalue weighted by molar-refractivity contribution is 0.0690. The number of aromatic carboxylic acids is 1. The van der Waals surface area contributed by atoms with Crippen molar-refractivity contribution in [3.63, 3.8) is 0 Å². The molecule has 0 radical (unpaired) electrons. The molecule has 33 heavy (non-hydrogen) atoms. The highest BCUT2D eigenvalue weighted by Crippen LogP contribution is 2.41. The van der Waals surface area contributed by atoms with Crippen LogP contribution < -0.4 is 10.6 Å². The molecule has 2 aliphatic rings. The van der Waals surface area contributed by atoms with Crippen molar-refractivity contribution in [3.8, 4) is 0 Å². The first kappa shape index (κ1) is 23.6. The second kappa shape index (κ2) is 11.5. The van der Waals surface area contributed by atoms with E-state index in [1.54, 1.807) is 19.4 Å². The molecule has 0 bridgehead atoms. The first-order valence-electron chi connectivity index (χ1n) is 12.0. The fourth-order valence-corrected chi connectivity index (χ4v) is 4.82. The Morgan fingerprint density at radius 2 is 1.88 bits per heavy atom. The lowest BCUT2D eigenvalue weighted by Gasteiger charge is -2.30. The minimum Gasteiger partial charge on any atom is -0.477 e. The van der Waals surface area contributed by atoms with Crippen LogP contribution in [0.3, 0.4) is 0 Å². The van der Waals surface area contributed by atoms with Crippen molar-refractivity contribution in [2.45, 2.75) is 63.2 Å². The average Bonchev–Trinajstić information content (AvgIpc) is 3.61. The maximum atomic E-state index is 10.9. The van der Waals surface area contributed by atoms with Gasteiger partial charge in [0.2, 0.25) is 0 Å². The predicted molar refractivity (Wildman–Crippen MR) is 130 cm³/mol. The quantitative estimate of drug-likeness (QED) is 0.475. The maximum Gasteiger partial charge on any atom is 0.354 e. The fraction of sp³-hybridized carbons (Fsp3) is 0.481. The van der Waals surface area contributed by atoms with Crippen molar-refractivity contribution in [2.75, 3.05) is 13.7 Å². The lowest BCUT2D eigenvalue weighted by Crippen LogP contribution is -2.40. The number of rotatable bonds is 11. The van der Waals surface area contributed by atoms with E-state index in [-0.39, 0.29) is 5.69 Å². The molecule has 2 atom stereocenters. The summed E-state index contributed by atoms with van der Waals surface area (Å²) in [6.07, 6.45) is 10.9. The highest BCUT2D eigenvalue weighted by Gasteiger charge is 2.40. The molecule has 2 aliphatic carbocycles. The van der Waals surface area contributed by atoms with Crippen LogP contribution in [-0.2, 0) is 11.3 Å². The zero-order valence-corrected chi connectivity index (χ0v) is 19.4. The summed E-state index contributed by atoms with van der Waals surface area (Å²) in [5.41, 5.74) is 3.88. The Labute approximate surface area is 196 Å². The molecule has 0 amide bonds. The molecule has 0 unspecified atom stereocenters. The van der Waals surface area contributed by atoms with Crippen LogP contribution in [-0.4, -0.2) is 47.9 Å². The van der Waals surface area contributed by atoms with Crippen LogP contribution in [0.15, 0.2) is 54.2 Å². The van der Waals surface area contributed by atoms with Crippen molar-refractivity contribution in [1.82, 2.24) is 15.6 Å². The summed E-state index contributed by atoms with van der Waals surface area (Å²) in [5.74, 6) is -0.364. The normalized spacial score (nSPS) is 25.1. The number of benzene rings is 1. The zero-order chi connectivity index (χ0) is 23.0. The van der Waals surface area contributed by atoms with E-state index < -0.39 is 5.97 Å². The second-order valence-electron chi connectivity index (χ2n) is 9.27. The molecule has 0 saturated heterocycles. The summed E-state index contributed by atoms with van der Waals surface area (Å²) in [7, 11) is 1.77. The number of carbonyl (C=O) groups is 1. The van der Waals surface area contributed by atoms with Gasteiger partial charge in [0.15, 0.2) is 0 Å². The van der Waals surface area contributed by atoms with Gasteiger partial charge in [-0.2, -0.15) is 0 Å². The summed E-state index contributed by atoms with van der Waals surface area (Å²) in [5, 5.41) is 16.5. The Bertz CT molecular complexity index is 921. The Hall–Kier alpha value is -2.54. The van der Waals surface area contributed by atoms with Gasteiger partial charge in [-0.3, -0.25) is 0 Å². The molecule has 0 aliphatic heterocycles. The number of aromatic nitrogens is 1. The third-order valence-corrected chi connectivity index (χ3v) is 6.83. The molecule has 6 heteroatoms. The Morgan fingerprint density at radius 3 is 2.55 bits per heavy atom. The monoisotopic (exact) mass is 449 g/mol. The molecule has 1 aromatic heterocycles. The first-order valence-corrected chi connectivity index (χ1v) is 12.0. The predicted octanol–water partition coefficient (Wildman–Crippen LogP) is 4.28. The third kappa shape index (κ3) is 6.97. The molecular weight excluding hydrogens is 414 g/mol. The van der Waals surface area contributed by atoms with Gasteiger partial charge in [0.1, 0.15) is 5.69 Å². The standard InChI is InChI=1S/C27H35N3O3/c1-33-14-13-21(15-19-5-3-2-4-6-19)24-16-26(24)30-23-10-8-22(9-11-23)28-17-20-7-12-25(27(31)32)29-18-20/h2-7,12,15,18,22-24,26,28,30H,8-11,13-14,16-17H2,1H3,(H,31,32)/b21-15+/t22?,23?,24-,26+/m0/s1. The fourth-order valence-electron chi connectivity index (χ4n) is 4.82. The molecular formula is C27H35N3O3. The summed E-state index contributed by atoms with van der Waals surface area (Å²) in [6.45, 7) is 1.50. The second-order valence-corrected chi connectivity index (χ2v) is 9.27. The van der Waals surface area contributed by atoms with Crippen molar-refractivity contribution in [3.05, 3.63) is 71.1 Å². The maximum absolute atomic E-state index is 10.9. The highest BCUT2D eigenvalue weighted by atomic mass is 16.5. The van der Waals surface area contributed by atoms with Crippen molar-refractivity contribution in [1.29, 1.82) is 0 Å². The first-order chi connectivity index (χ1) is 16.1. The van der Waals surface area contributed by atoms with Crippen molar-refractivity contribution < 1.29 is 14.6 Å². The van der Waals surface area contributed by atoms with Crippen LogP contribution in [0.1, 0.15) is 60.1 Å². The van der Waals surface area contributed by atoms with Crippen LogP contribution in [0.25, 0.3) is 6.08 Å². The molecule has 6 nitrogen and oxygen atoms in total. The average molecular weight is 450 g/mol. The van der Waals surface area contributed by atoms with Gasteiger partial charge in [-0.25, -0.2) is 9.78 Å². The van der Waals surface area contributed by atoms with Gasteiger partial charge in [-0.1, -0.05) is 48.0 Å². The van der Waals surface area contributed by atoms with Gasteiger partial charge in [-0.15, -0.1) is 0 Å². The largest absolute Gasteiger partial charge is 0.477 e. The number of methoxy groups -OCH3 is 1. The van der Waals surface area contributed by atoms with E-state index in [9.17, 15) is 4.79 Å². The summed E-state index contributed by atoms with van der Waals surface area (Å²) < 4.78 is 5.36. The molecule has 3 N–H and O–H groups in total. The third-order valence-electron chi connectivity index (χ3n) is 6.83. The van der Waals surface area contributed by atoms with Gasteiger partial charge < -0.3 is 20.5 Å². The Balaban J connectivity index is 1.20. The number of ether oxygens (including phenoxy) is 1. The van der Waals surface area contributed by atoms with Crippen molar-refractivity contribution >= 4 is 12.0 Å². The van der Waals surface area contributed by atoms with Crippen molar-refractivity contribution in [2.24, 2.45) is 5.92 Å². The van der Waals surface area contributed by atoms with E-state index in [0.29, 0.717) is 24.0 Å². The molecule has 2 aromatic rings. The van der Waals surface area contributed by atoms with E-state index in [2.05, 4.69) is 52.0 Å². The Kier molecular flexibility index (Phi) is 8.26. The molecule has 1 aromatic carbocycles. The minimum absolute atomic E-state index is 0.0905. The number of nitrogens with zero attached hydrogens (tertiary/aromatic N) is 1. The summed E-state index contributed by atoms with van der Waals surface area (Å²) >= 11 is 0. The number of carboxylic acid groups (broad SMARTS) is 1. The van der Waals surface area contributed by atoms with E-state index in [1.807, 2.05) is 6.07 Å². The highest BCUT2D eigenvalue weighted by molar-refractivity contribution is 5.85. The van der Waals surface area contributed by atoms with Gasteiger partial charge in [0.25, 0.3) is 0 Å². The van der Waals surface area contributed by atoms with E-state index >= 15 is 0 Å². The Morgan fingerprint density at radius 1 is 1.12 bits per heavy atom. The van der Waals surface area contributed by atoms with Crippen LogP contribution in [0.5, 0.6) is 0 Å². The summed E-state index contributed by atoms with van der Waals surface area (Å²) in [4.78, 5) is 14.9. The number of pyridine rings is 1.